The summed E-state index contributed by atoms with van der Waals surface area (Å²) in [6.45, 7) is 4.99. The molecule has 0 bridgehead atoms. The Morgan fingerprint density at radius 2 is 2.14 bits per heavy atom. The van der Waals surface area contributed by atoms with E-state index in [0.717, 1.165) is 6.54 Å². The first-order chi connectivity index (χ1) is 6.75. The maximum Gasteiger partial charge on any atom is 0.0635 e. The first kappa shape index (κ1) is 10.7. The normalized spacial score (nSPS) is 12.1. The van der Waals surface area contributed by atoms with Gasteiger partial charge in [0.2, 0.25) is 0 Å². The van der Waals surface area contributed by atoms with Crippen LogP contribution in [0.2, 0.25) is 0 Å². The quantitative estimate of drug-likeness (QED) is 0.737. The molecule has 74 valence electrons. The van der Waals surface area contributed by atoms with Gasteiger partial charge in [0, 0.05) is 19.0 Å². The molecule has 1 rings (SSSR count). The van der Waals surface area contributed by atoms with Crippen LogP contribution in [0.15, 0.2) is 24.3 Å². The van der Waals surface area contributed by atoms with Gasteiger partial charge in [0.15, 0.2) is 0 Å². The number of nitrogens with zero attached hydrogens (tertiary/aromatic N) is 1. The minimum Gasteiger partial charge on any atom is -0.309 e. The van der Waals surface area contributed by atoms with Gasteiger partial charge in [-0.3, -0.25) is 0 Å². The standard InChI is InChI=1S/C12H16N2/c1-10-6-3-4-7-12(10)11(2)14-9-5-8-13/h3-4,6-7,11,14H,5,9H2,1-2H3/t11-/m0/s1. The Balaban J connectivity index is 2.57. The van der Waals surface area contributed by atoms with Gasteiger partial charge in [-0.2, -0.15) is 5.26 Å². The van der Waals surface area contributed by atoms with E-state index in [1.807, 2.05) is 12.1 Å². The topological polar surface area (TPSA) is 35.8 Å². The third kappa shape index (κ3) is 2.86. The molecule has 0 saturated heterocycles. The SMILES string of the molecule is Cc1ccccc1[C@H](C)NCCC#N. The maximum atomic E-state index is 8.41. The number of nitrogens with one attached hydrogen (secondary N) is 1. The van der Waals surface area contributed by atoms with Crippen molar-refractivity contribution in [3.63, 3.8) is 0 Å². The second-order valence-electron chi connectivity index (χ2n) is 3.44. The van der Waals surface area contributed by atoms with E-state index in [4.69, 9.17) is 5.26 Å². The minimum absolute atomic E-state index is 0.324. The van der Waals surface area contributed by atoms with Crippen LogP contribution < -0.4 is 5.32 Å². The van der Waals surface area contributed by atoms with E-state index in [2.05, 4.69) is 37.4 Å². The molecular formula is C12H16N2. The first-order valence-corrected chi connectivity index (χ1v) is 4.91. The summed E-state index contributed by atoms with van der Waals surface area (Å²) in [6, 6.07) is 10.8. The first-order valence-electron chi connectivity index (χ1n) is 4.91. The number of aryl methyl sites for hydroxylation is 1. The maximum absolute atomic E-state index is 8.41. The number of hydrogen-bond acceptors (Lipinski definition) is 2. The van der Waals surface area contributed by atoms with Gasteiger partial charge in [-0.05, 0) is 25.0 Å². The van der Waals surface area contributed by atoms with E-state index in [1.54, 1.807) is 0 Å². The molecule has 0 fully saturated rings. The highest BCUT2D eigenvalue weighted by atomic mass is 14.9. The second kappa shape index (κ2) is 5.41. The molecule has 14 heavy (non-hydrogen) atoms. The fraction of sp³-hybridized carbons (Fsp3) is 0.417. The van der Waals surface area contributed by atoms with Gasteiger partial charge in [0.1, 0.15) is 0 Å². The number of nitriles is 1. The predicted octanol–water partition coefficient (Wildman–Crippen LogP) is 2.56. The number of rotatable bonds is 4. The average Bonchev–Trinajstić information content (AvgIpc) is 2.18. The lowest BCUT2D eigenvalue weighted by Gasteiger charge is -2.15. The van der Waals surface area contributed by atoms with Crippen LogP contribution in [-0.2, 0) is 0 Å². The molecule has 1 aromatic carbocycles. The molecule has 0 unspecified atom stereocenters. The molecule has 1 atom stereocenters. The summed E-state index contributed by atoms with van der Waals surface area (Å²) < 4.78 is 0. The molecule has 0 heterocycles. The Morgan fingerprint density at radius 1 is 1.43 bits per heavy atom. The molecule has 1 aromatic rings. The molecule has 2 nitrogen and oxygen atoms in total. The fourth-order valence-electron chi connectivity index (χ4n) is 1.53. The Hall–Kier alpha value is -1.33. The summed E-state index contributed by atoms with van der Waals surface area (Å²) in [5.74, 6) is 0. The summed E-state index contributed by atoms with van der Waals surface area (Å²) in [7, 11) is 0. The van der Waals surface area contributed by atoms with Gasteiger partial charge in [0.05, 0.1) is 6.07 Å². The largest absolute Gasteiger partial charge is 0.309 e. The molecular weight excluding hydrogens is 172 g/mol. The van der Waals surface area contributed by atoms with Crippen LogP contribution in [-0.4, -0.2) is 6.54 Å². The Kier molecular flexibility index (Phi) is 4.15. The van der Waals surface area contributed by atoms with Crippen LogP contribution >= 0.6 is 0 Å². The Bertz CT molecular complexity index is 325. The summed E-state index contributed by atoms with van der Waals surface area (Å²) in [5.41, 5.74) is 2.61. The summed E-state index contributed by atoms with van der Waals surface area (Å²) in [5, 5.41) is 11.7. The summed E-state index contributed by atoms with van der Waals surface area (Å²) in [4.78, 5) is 0. The summed E-state index contributed by atoms with van der Waals surface area (Å²) in [6.07, 6.45) is 0.566. The Labute approximate surface area is 85.6 Å². The second-order valence-corrected chi connectivity index (χ2v) is 3.44. The third-order valence-corrected chi connectivity index (χ3v) is 2.34. The molecule has 0 aliphatic heterocycles. The van der Waals surface area contributed by atoms with Crippen LogP contribution in [0.4, 0.5) is 0 Å². The highest BCUT2D eigenvalue weighted by molar-refractivity contribution is 5.28. The van der Waals surface area contributed by atoms with Crippen LogP contribution in [0.1, 0.15) is 30.5 Å². The molecule has 2 heteroatoms. The van der Waals surface area contributed by atoms with Gasteiger partial charge >= 0.3 is 0 Å². The van der Waals surface area contributed by atoms with Gasteiger partial charge < -0.3 is 5.32 Å². The van der Waals surface area contributed by atoms with E-state index < -0.39 is 0 Å². The van der Waals surface area contributed by atoms with Crippen molar-refractivity contribution in [1.29, 1.82) is 5.26 Å². The number of hydrogen-bond donors (Lipinski definition) is 1. The van der Waals surface area contributed by atoms with Crippen molar-refractivity contribution in [2.24, 2.45) is 0 Å². The molecule has 0 spiro atoms. The minimum atomic E-state index is 0.324. The van der Waals surface area contributed by atoms with Crippen LogP contribution in [0.25, 0.3) is 0 Å². The van der Waals surface area contributed by atoms with Gasteiger partial charge in [-0.25, -0.2) is 0 Å². The molecule has 0 aromatic heterocycles. The summed E-state index contributed by atoms with van der Waals surface area (Å²) >= 11 is 0. The van der Waals surface area contributed by atoms with Gasteiger partial charge in [-0.1, -0.05) is 24.3 Å². The van der Waals surface area contributed by atoms with E-state index in [9.17, 15) is 0 Å². The molecule has 0 amide bonds. The lowest BCUT2D eigenvalue weighted by molar-refractivity contribution is 0.580. The average molecular weight is 188 g/mol. The molecule has 0 aliphatic carbocycles. The molecule has 1 N–H and O–H groups in total. The van der Waals surface area contributed by atoms with E-state index in [1.165, 1.54) is 11.1 Å². The van der Waals surface area contributed by atoms with Crippen LogP contribution in [0.5, 0.6) is 0 Å². The zero-order chi connectivity index (χ0) is 10.4. The van der Waals surface area contributed by atoms with E-state index in [0.29, 0.717) is 12.5 Å². The smallest absolute Gasteiger partial charge is 0.0635 e. The Morgan fingerprint density at radius 3 is 2.79 bits per heavy atom. The zero-order valence-electron chi connectivity index (χ0n) is 8.75. The van der Waals surface area contributed by atoms with Crippen molar-refractivity contribution >= 4 is 0 Å². The monoisotopic (exact) mass is 188 g/mol. The molecule has 0 aliphatic rings. The number of benzene rings is 1. The van der Waals surface area contributed by atoms with Gasteiger partial charge in [0.25, 0.3) is 0 Å². The third-order valence-electron chi connectivity index (χ3n) is 2.34. The van der Waals surface area contributed by atoms with Crippen molar-refractivity contribution in [2.75, 3.05) is 6.54 Å². The van der Waals surface area contributed by atoms with Crippen molar-refractivity contribution in [1.82, 2.24) is 5.32 Å². The van der Waals surface area contributed by atoms with Crippen molar-refractivity contribution < 1.29 is 0 Å². The molecule has 0 radical (unpaired) electrons. The highest BCUT2D eigenvalue weighted by Crippen LogP contribution is 2.16. The lowest BCUT2D eigenvalue weighted by atomic mass is 10.0. The van der Waals surface area contributed by atoms with Crippen molar-refractivity contribution in [3.05, 3.63) is 35.4 Å². The van der Waals surface area contributed by atoms with Gasteiger partial charge in [-0.15, -0.1) is 0 Å². The van der Waals surface area contributed by atoms with E-state index >= 15 is 0 Å². The fourth-order valence-corrected chi connectivity index (χ4v) is 1.53. The zero-order valence-corrected chi connectivity index (χ0v) is 8.75. The van der Waals surface area contributed by atoms with Crippen LogP contribution in [0, 0.1) is 18.3 Å². The molecule has 0 saturated carbocycles. The lowest BCUT2D eigenvalue weighted by Crippen LogP contribution is -2.20. The van der Waals surface area contributed by atoms with Crippen molar-refractivity contribution in [2.45, 2.75) is 26.3 Å². The van der Waals surface area contributed by atoms with E-state index in [-0.39, 0.29) is 0 Å². The predicted molar refractivity (Wildman–Crippen MR) is 57.8 cm³/mol. The highest BCUT2D eigenvalue weighted by Gasteiger charge is 2.05. The van der Waals surface area contributed by atoms with Crippen molar-refractivity contribution in [3.8, 4) is 6.07 Å². The van der Waals surface area contributed by atoms with Crippen LogP contribution in [0.3, 0.4) is 0 Å².